The molecule has 0 rings (SSSR count). The van der Waals surface area contributed by atoms with Crippen LogP contribution >= 0.6 is 0 Å². The number of ether oxygens (including phenoxy) is 6. The summed E-state index contributed by atoms with van der Waals surface area (Å²) in [6.45, 7) is 12.2. The van der Waals surface area contributed by atoms with Crippen LogP contribution in [0.25, 0.3) is 0 Å². The Hall–Kier alpha value is -0.280. The molecule has 0 amide bonds. The van der Waals surface area contributed by atoms with Crippen LogP contribution in [-0.4, -0.2) is 63.8 Å². The highest BCUT2D eigenvalue weighted by Gasteiger charge is 2.56. The molecule has 3 atom stereocenters. The summed E-state index contributed by atoms with van der Waals surface area (Å²) in [6.07, 6.45) is 0. The molecular formula is C15H33NO6. The van der Waals surface area contributed by atoms with Gasteiger partial charge < -0.3 is 28.4 Å². The van der Waals surface area contributed by atoms with Crippen molar-refractivity contribution in [3.63, 3.8) is 0 Å². The van der Waals surface area contributed by atoms with Crippen molar-refractivity contribution in [1.29, 1.82) is 0 Å². The summed E-state index contributed by atoms with van der Waals surface area (Å²) in [6, 6.07) is 0. The molecule has 0 aliphatic rings. The van der Waals surface area contributed by atoms with E-state index in [1.807, 2.05) is 20.8 Å². The van der Waals surface area contributed by atoms with Crippen LogP contribution in [0.1, 0.15) is 41.5 Å². The first-order chi connectivity index (χ1) is 10.2. The van der Waals surface area contributed by atoms with Gasteiger partial charge in [0.25, 0.3) is 0 Å². The maximum Gasteiger partial charge on any atom is 0.235 e. The van der Waals surface area contributed by atoms with Crippen molar-refractivity contribution >= 4 is 0 Å². The lowest BCUT2D eigenvalue weighted by molar-refractivity contribution is -0.489. The number of nitrogens with zero attached hydrogens (tertiary/aromatic N) is 1. The maximum atomic E-state index is 5.81. The van der Waals surface area contributed by atoms with E-state index in [0.717, 1.165) is 0 Å². The Kier molecular flexibility index (Phi) is 9.01. The number of rotatable bonds is 12. The van der Waals surface area contributed by atoms with Crippen molar-refractivity contribution in [1.82, 2.24) is 4.90 Å². The van der Waals surface area contributed by atoms with Gasteiger partial charge in [-0.2, -0.15) is 0 Å². The predicted molar refractivity (Wildman–Crippen MR) is 83.0 cm³/mol. The lowest BCUT2D eigenvalue weighted by Crippen LogP contribution is -2.71. The second-order valence-electron chi connectivity index (χ2n) is 4.94. The monoisotopic (exact) mass is 323 g/mol. The zero-order valence-electron chi connectivity index (χ0n) is 15.5. The fourth-order valence-electron chi connectivity index (χ4n) is 2.55. The molecule has 22 heavy (non-hydrogen) atoms. The van der Waals surface area contributed by atoms with Gasteiger partial charge in [0.15, 0.2) is 0 Å². The van der Waals surface area contributed by atoms with Gasteiger partial charge in [0.05, 0.1) is 0 Å². The quantitative estimate of drug-likeness (QED) is 0.511. The van der Waals surface area contributed by atoms with Gasteiger partial charge in [0.2, 0.25) is 17.7 Å². The van der Waals surface area contributed by atoms with Crippen molar-refractivity contribution in [3.8, 4) is 0 Å². The van der Waals surface area contributed by atoms with Crippen LogP contribution in [0.15, 0.2) is 0 Å². The van der Waals surface area contributed by atoms with Crippen molar-refractivity contribution in [2.75, 3.05) is 41.2 Å². The van der Waals surface area contributed by atoms with Crippen molar-refractivity contribution < 1.29 is 28.4 Å². The Balaban J connectivity index is 6.05. The first kappa shape index (κ1) is 21.7. The SMILES string of the molecule is CCOC(C)(OC)N(C(C)(OC)OCC)C(C)(OC)OCC. The minimum absolute atomic E-state index is 0.429. The zero-order chi connectivity index (χ0) is 17.4. The Morgan fingerprint density at radius 1 is 0.591 bits per heavy atom. The van der Waals surface area contributed by atoms with E-state index in [0.29, 0.717) is 19.8 Å². The molecule has 0 heterocycles. The maximum absolute atomic E-state index is 5.81. The van der Waals surface area contributed by atoms with Gasteiger partial charge in [-0.1, -0.05) is 0 Å². The van der Waals surface area contributed by atoms with Gasteiger partial charge in [0, 0.05) is 61.9 Å². The Morgan fingerprint density at radius 3 is 0.955 bits per heavy atom. The molecule has 0 spiro atoms. The number of hydrogen-bond donors (Lipinski definition) is 0. The average molecular weight is 323 g/mol. The highest BCUT2D eigenvalue weighted by atomic mass is 16.8. The molecule has 3 unspecified atom stereocenters. The van der Waals surface area contributed by atoms with E-state index in [9.17, 15) is 0 Å². The molecule has 0 fully saturated rings. The molecule has 7 nitrogen and oxygen atoms in total. The summed E-state index contributed by atoms with van der Waals surface area (Å²) in [5.41, 5.74) is 0. The predicted octanol–water partition coefficient (Wildman–Crippen LogP) is 2.36. The van der Waals surface area contributed by atoms with Crippen LogP contribution in [0.3, 0.4) is 0 Å². The van der Waals surface area contributed by atoms with Gasteiger partial charge in [-0.3, -0.25) is 0 Å². The molecule has 0 saturated carbocycles. The molecule has 0 aliphatic heterocycles. The van der Waals surface area contributed by atoms with Gasteiger partial charge in [-0.25, -0.2) is 0 Å². The fourth-order valence-corrected chi connectivity index (χ4v) is 2.55. The van der Waals surface area contributed by atoms with Gasteiger partial charge in [0.1, 0.15) is 0 Å². The van der Waals surface area contributed by atoms with E-state index in [1.165, 1.54) is 0 Å². The first-order valence-corrected chi connectivity index (χ1v) is 7.61. The van der Waals surface area contributed by atoms with Crippen LogP contribution in [0, 0.1) is 0 Å². The second kappa shape index (κ2) is 9.12. The van der Waals surface area contributed by atoms with Crippen LogP contribution in [0.2, 0.25) is 0 Å². The number of methoxy groups -OCH3 is 3. The third-order valence-corrected chi connectivity index (χ3v) is 3.59. The van der Waals surface area contributed by atoms with E-state index >= 15 is 0 Å². The molecule has 0 aromatic rings. The van der Waals surface area contributed by atoms with Gasteiger partial charge in [-0.05, 0) is 20.8 Å². The van der Waals surface area contributed by atoms with E-state index in [2.05, 4.69) is 0 Å². The Bertz CT molecular complexity index is 271. The molecule has 7 heteroatoms. The van der Waals surface area contributed by atoms with Crippen LogP contribution in [0.4, 0.5) is 0 Å². The van der Waals surface area contributed by atoms with Crippen molar-refractivity contribution in [2.24, 2.45) is 0 Å². The van der Waals surface area contributed by atoms with E-state index in [1.54, 1.807) is 47.0 Å². The minimum Gasteiger partial charge on any atom is -0.341 e. The molecule has 0 saturated heterocycles. The van der Waals surface area contributed by atoms with E-state index in [-0.39, 0.29) is 0 Å². The highest BCUT2D eigenvalue weighted by molar-refractivity contribution is 4.82. The summed E-state index contributed by atoms with van der Waals surface area (Å²) in [5, 5.41) is 0. The summed E-state index contributed by atoms with van der Waals surface area (Å²) in [4.78, 5) is 1.66. The topological polar surface area (TPSA) is 58.6 Å². The molecule has 0 N–H and O–H groups in total. The zero-order valence-corrected chi connectivity index (χ0v) is 15.5. The van der Waals surface area contributed by atoms with Gasteiger partial charge >= 0.3 is 0 Å². The average Bonchev–Trinajstić information content (AvgIpc) is 2.48. The van der Waals surface area contributed by atoms with Crippen LogP contribution in [-0.2, 0) is 28.4 Å². The Labute approximate surface area is 134 Å². The minimum atomic E-state index is -1.19. The second-order valence-corrected chi connectivity index (χ2v) is 4.94. The lowest BCUT2D eigenvalue weighted by atomic mass is 10.3. The summed E-state index contributed by atoms with van der Waals surface area (Å²) in [5.74, 6) is -3.56. The van der Waals surface area contributed by atoms with Crippen LogP contribution in [0.5, 0.6) is 0 Å². The molecule has 0 aliphatic carbocycles. The molecule has 0 aromatic heterocycles. The summed E-state index contributed by atoms with van der Waals surface area (Å²) < 4.78 is 34.3. The molecular weight excluding hydrogens is 290 g/mol. The summed E-state index contributed by atoms with van der Waals surface area (Å²) >= 11 is 0. The largest absolute Gasteiger partial charge is 0.341 e. The van der Waals surface area contributed by atoms with E-state index < -0.39 is 17.7 Å². The van der Waals surface area contributed by atoms with Crippen molar-refractivity contribution in [3.05, 3.63) is 0 Å². The van der Waals surface area contributed by atoms with Crippen molar-refractivity contribution in [2.45, 2.75) is 59.3 Å². The number of hydrogen-bond acceptors (Lipinski definition) is 7. The van der Waals surface area contributed by atoms with E-state index in [4.69, 9.17) is 28.4 Å². The molecule has 0 bridgehead atoms. The standard InChI is InChI=1S/C15H33NO6/c1-10-20-13(4,17-7)16(14(5,18-8)21-11-2)15(6,19-9)22-12-3/h10-12H2,1-9H3. The molecule has 0 aromatic carbocycles. The Morgan fingerprint density at radius 2 is 0.818 bits per heavy atom. The summed E-state index contributed by atoms with van der Waals surface area (Å²) in [7, 11) is 4.64. The third kappa shape index (κ3) is 4.61. The smallest absolute Gasteiger partial charge is 0.235 e. The molecule has 0 radical (unpaired) electrons. The highest BCUT2D eigenvalue weighted by Crippen LogP contribution is 2.38. The first-order valence-electron chi connectivity index (χ1n) is 7.61. The van der Waals surface area contributed by atoms with Gasteiger partial charge in [-0.15, -0.1) is 4.90 Å². The van der Waals surface area contributed by atoms with Crippen LogP contribution < -0.4 is 0 Å². The third-order valence-electron chi connectivity index (χ3n) is 3.59. The molecule has 134 valence electrons. The fraction of sp³-hybridized carbons (Fsp3) is 1.00. The normalized spacial score (nSPS) is 20.5. The lowest BCUT2D eigenvalue weighted by Gasteiger charge is -2.54.